The molecule has 3 aromatic rings. The number of benzene rings is 2. The van der Waals surface area contributed by atoms with E-state index in [4.69, 9.17) is 0 Å². The van der Waals surface area contributed by atoms with E-state index in [2.05, 4.69) is 9.98 Å². The van der Waals surface area contributed by atoms with Crippen molar-refractivity contribution in [1.82, 2.24) is 4.98 Å². The van der Waals surface area contributed by atoms with Crippen molar-refractivity contribution in [2.45, 2.75) is 13.1 Å². The van der Waals surface area contributed by atoms with E-state index in [0.29, 0.717) is 18.7 Å². The van der Waals surface area contributed by atoms with Crippen LogP contribution in [0.3, 0.4) is 0 Å². The van der Waals surface area contributed by atoms with Crippen LogP contribution in [-0.4, -0.2) is 40.9 Å². The van der Waals surface area contributed by atoms with Crippen LogP contribution >= 0.6 is 11.8 Å². The highest BCUT2D eigenvalue weighted by Crippen LogP contribution is 2.39. The summed E-state index contributed by atoms with van der Waals surface area (Å²) in [4.78, 5) is 8.88. The number of alkyl halides is 3. The molecule has 0 amide bonds. The summed E-state index contributed by atoms with van der Waals surface area (Å²) in [7, 11) is 0. The summed E-state index contributed by atoms with van der Waals surface area (Å²) in [5.41, 5.74) is 1.85. The first-order valence-corrected chi connectivity index (χ1v) is 10.4. The van der Waals surface area contributed by atoms with Crippen molar-refractivity contribution in [3.05, 3.63) is 53.1 Å². The van der Waals surface area contributed by atoms with E-state index in [0.717, 1.165) is 34.0 Å². The predicted octanol–water partition coefficient (Wildman–Crippen LogP) is 5.50. The van der Waals surface area contributed by atoms with Crippen LogP contribution in [0.2, 0.25) is 0 Å². The number of aromatic amines is 1. The van der Waals surface area contributed by atoms with Gasteiger partial charge in [-0.1, -0.05) is 12.1 Å². The average Bonchev–Trinajstić information content (AvgIpc) is 3.02. The highest BCUT2D eigenvalue weighted by molar-refractivity contribution is 7.99. The third-order valence-corrected chi connectivity index (χ3v) is 5.97. The molecule has 0 atom stereocenters. The van der Waals surface area contributed by atoms with E-state index in [-0.39, 0.29) is 17.3 Å². The molecule has 0 radical (unpaired) electrons. The van der Waals surface area contributed by atoms with Crippen molar-refractivity contribution >= 4 is 40.3 Å². The number of fused-ring (bicyclic) bond motifs is 1. The number of aromatic hydroxyl groups is 1. The Morgan fingerprint density at radius 2 is 1.93 bits per heavy atom. The van der Waals surface area contributed by atoms with Crippen molar-refractivity contribution in [1.29, 1.82) is 0 Å². The number of aliphatic imine (C=N–C) groups is 1. The number of aromatic nitrogens is 1. The summed E-state index contributed by atoms with van der Waals surface area (Å²) in [5, 5.41) is 11.0. The molecule has 2 N–H and O–H groups in total. The van der Waals surface area contributed by atoms with E-state index >= 15 is 0 Å². The van der Waals surface area contributed by atoms with E-state index in [1.165, 1.54) is 12.3 Å². The van der Waals surface area contributed by atoms with Gasteiger partial charge in [0.15, 0.2) is 5.88 Å². The maximum Gasteiger partial charge on any atom is 0.418 e. The monoisotopic (exact) mass is 419 g/mol. The zero-order valence-corrected chi connectivity index (χ0v) is 16.6. The van der Waals surface area contributed by atoms with Gasteiger partial charge >= 0.3 is 6.18 Å². The molecule has 4 nitrogen and oxygen atoms in total. The molecule has 8 heteroatoms. The van der Waals surface area contributed by atoms with Crippen molar-refractivity contribution in [3.8, 4) is 5.88 Å². The Labute approximate surface area is 170 Å². The molecule has 0 aliphatic carbocycles. The lowest BCUT2D eigenvalue weighted by Gasteiger charge is -2.30. The number of halogens is 3. The Kier molecular flexibility index (Phi) is 5.21. The number of aryl methyl sites for hydroxylation is 1. The molecule has 1 fully saturated rings. The highest BCUT2D eigenvalue weighted by Gasteiger charge is 2.35. The molecule has 0 unspecified atom stereocenters. The average molecular weight is 419 g/mol. The number of rotatable bonds is 3. The smallest absolute Gasteiger partial charge is 0.418 e. The predicted molar refractivity (Wildman–Crippen MR) is 113 cm³/mol. The summed E-state index contributed by atoms with van der Waals surface area (Å²) >= 11 is 1.75. The summed E-state index contributed by atoms with van der Waals surface area (Å²) in [6.45, 7) is 3.10. The molecule has 1 aromatic heterocycles. The molecular weight excluding hydrogens is 399 g/mol. The van der Waals surface area contributed by atoms with Gasteiger partial charge in [-0.15, -0.1) is 0 Å². The van der Waals surface area contributed by atoms with Gasteiger partial charge in [-0.2, -0.15) is 24.9 Å². The van der Waals surface area contributed by atoms with Crippen LogP contribution in [0.15, 0.2) is 41.4 Å². The van der Waals surface area contributed by atoms with Gasteiger partial charge in [0.2, 0.25) is 0 Å². The number of H-pyrrole nitrogens is 1. The van der Waals surface area contributed by atoms with Crippen LogP contribution < -0.4 is 4.90 Å². The fourth-order valence-corrected chi connectivity index (χ4v) is 4.52. The van der Waals surface area contributed by atoms with Crippen molar-refractivity contribution in [2.24, 2.45) is 4.99 Å². The van der Waals surface area contributed by atoms with Gasteiger partial charge in [0.05, 0.1) is 16.8 Å². The Morgan fingerprint density at radius 1 is 1.17 bits per heavy atom. The van der Waals surface area contributed by atoms with Crippen LogP contribution in [0.1, 0.15) is 16.7 Å². The van der Waals surface area contributed by atoms with Gasteiger partial charge in [-0.25, -0.2) is 0 Å². The topological polar surface area (TPSA) is 51.6 Å². The number of thioether (sulfide) groups is 1. The van der Waals surface area contributed by atoms with Gasteiger partial charge in [-0.05, 0) is 36.8 Å². The Morgan fingerprint density at radius 3 is 2.66 bits per heavy atom. The molecule has 1 saturated heterocycles. The lowest BCUT2D eigenvalue weighted by Crippen LogP contribution is -2.34. The van der Waals surface area contributed by atoms with Gasteiger partial charge in [0.25, 0.3) is 0 Å². The molecule has 0 bridgehead atoms. The Balaban J connectivity index is 1.72. The summed E-state index contributed by atoms with van der Waals surface area (Å²) in [6, 6.07) is 9.74. The zero-order valence-electron chi connectivity index (χ0n) is 15.8. The van der Waals surface area contributed by atoms with Crippen molar-refractivity contribution in [2.75, 3.05) is 29.5 Å². The van der Waals surface area contributed by atoms with Gasteiger partial charge < -0.3 is 15.0 Å². The molecule has 0 spiro atoms. The fraction of sp³-hybridized carbons (Fsp3) is 0.286. The van der Waals surface area contributed by atoms with Crippen molar-refractivity contribution in [3.63, 3.8) is 0 Å². The first kappa shape index (κ1) is 19.7. The first-order chi connectivity index (χ1) is 13.8. The minimum atomic E-state index is -4.47. The molecule has 0 saturated carbocycles. The Hall–Kier alpha value is -2.61. The third kappa shape index (κ3) is 3.94. The highest BCUT2D eigenvalue weighted by atomic mass is 32.2. The van der Waals surface area contributed by atoms with E-state index < -0.39 is 11.7 Å². The molecule has 2 heterocycles. The van der Waals surface area contributed by atoms with E-state index in [1.54, 1.807) is 22.7 Å². The maximum absolute atomic E-state index is 13.7. The quantitative estimate of drug-likeness (QED) is 0.551. The summed E-state index contributed by atoms with van der Waals surface area (Å²) in [5.74, 6) is 1.57. The van der Waals surface area contributed by atoms with Crippen LogP contribution in [0.4, 0.5) is 24.5 Å². The number of hydrogen-bond acceptors (Lipinski definition) is 4. The van der Waals surface area contributed by atoms with Gasteiger partial charge in [-0.3, -0.25) is 4.99 Å². The van der Waals surface area contributed by atoms with Crippen LogP contribution in [0.5, 0.6) is 5.88 Å². The molecule has 152 valence electrons. The minimum Gasteiger partial charge on any atom is -0.494 e. The van der Waals surface area contributed by atoms with E-state index in [1.807, 2.05) is 25.1 Å². The lowest BCUT2D eigenvalue weighted by atomic mass is 10.1. The number of anilines is 1. The molecular formula is C21H20F3N3OS. The third-order valence-electron chi connectivity index (χ3n) is 5.03. The molecule has 1 aliphatic rings. The number of nitrogens with one attached hydrogen (secondary N) is 1. The van der Waals surface area contributed by atoms with Crippen LogP contribution in [0.25, 0.3) is 10.9 Å². The fourth-order valence-electron chi connectivity index (χ4n) is 3.62. The standard InChI is InChI=1S/C21H20F3N3OS/c1-13-3-2-4-17-19(13)15(20(28)26-17)12-25-14-5-6-18(16(11-14)21(22,23)24)27-7-9-29-10-8-27/h2-6,11-12,26,28H,7-10H2,1H3. The summed E-state index contributed by atoms with van der Waals surface area (Å²) in [6.07, 6.45) is -3.06. The second-order valence-electron chi connectivity index (χ2n) is 6.94. The minimum absolute atomic E-state index is 0.0588. The molecule has 4 rings (SSSR count). The first-order valence-electron chi connectivity index (χ1n) is 9.23. The second-order valence-corrected chi connectivity index (χ2v) is 8.17. The maximum atomic E-state index is 13.7. The van der Waals surface area contributed by atoms with E-state index in [9.17, 15) is 18.3 Å². The van der Waals surface area contributed by atoms with Gasteiger partial charge in [0.1, 0.15) is 0 Å². The summed E-state index contributed by atoms with van der Waals surface area (Å²) < 4.78 is 41.1. The molecule has 29 heavy (non-hydrogen) atoms. The normalized spacial score (nSPS) is 15.5. The lowest BCUT2D eigenvalue weighted by molar-refractivity contribution is -0.137. The zero-order chi connectivity index (χ0) is 20.6. The SMILES string of the molecule is Cc1cccc2[nH]c(O)c(C=Nc3ccc(N4CCSCC4)c(C(F)(F)F)c3)c12. The molecule has 1 aliphatic heterocycles. The largest absolute Gasteiger partial charge is 0.494 e. The number of hydrogen-bond donors (Lipinski definition) is 2. The van der Waals surface area contributed by atoms with Crippen molar-refractivity contribution < 1.29 is 18.3 Å². The van der Waals surface area contributed by atoms with Crippen LogP contribution in [0, 0.1) is 6.92 Å². The van der Waals surface area contributed by atoms with Gasteiger partial charge in [0, 0.05) is 47.4 Å². The second kappa shape index (κ2) is 7.67. The Bertz CT molecular complexity index is 1070. The number of nitrogens with zero attached hydrogens (tertiary/aromatic N) is 2. The molecule has 2 aromatic carbocycles. The van der Waals surface area contributed by atoms with Crippen LogP contribution in [-0.2, 0) is 6.18 Å².